The van der Waals surface area contributed by atoms with Crippen molar-refractivity contribution in [1.82, 2.24) is 15.3 Å². The molecule has 0 bridgehead atoms. The van der Waals surface area contributed by atoms with Crippen molar-refractivity contribution in [2.45, 2.75) is 26.7 Å². The third-order valence-electron chi connectivity index (χ3n) is 2.72. The summed E-state index contributed by atoms with van der Waals surface area (Å²) in [4.78, 5) is 39.5. The molecule has 0 aliphatic carbocycles. The highest BCUT2D eigenvalue weighted by Crippen LogP contribution is 2.14. The molecule has 1 atom stereocenters. The van der Waals surface area contributed by atoms with E-state index in [1.807, 2.05) is 13.8 Å². The van der Waals surface area contributed by atoms with Crippen LogP contribution >= 0.6 is 0 Å². The van der Waals surface area contributed by atoms with E-state index in [2.05, 4.69) is 15.3 Å². The van der Waals surface area contributed by atoms with Gasteiger partial charge in [0, 0.05) is 19.2 Å². The van der Waals surface area contributed by atoms with Gasteiger partial charge in [-0.1, -0.05) is 13.8 Å². The first-order chi connectivity index (χ1) is 9.38. The summed E-state index contributed by atoms with van der Waals surface area (Å²) >= 11 is 0. The molecular weight excluding hydrogens is 262 g/mol. The summed E-state index contributed by atoms with van der Waals surface area (Å²) in [5, 5.41) is 11.5. The minimum Gasteiger partial charge on any atom is -0.481 e. The van der Waals surface area contributed by atoms with E-state index in [-0.39, 0.29) is 30.1 Å². The smallest absolute Gasteiger partial charge is 0.303 e. The quantitative estimate of drug-likeness (QED) is 0.679. The molecule has 0 spiro atoms. The predicted octanol–water partition coefficient (Wildman–Crippen LogP) is 0.637. The lowest BCUT2D eigenvalue weighted by molar-refractivity contribution is -0.138. The fourth-order valence-corrected chi connectivity index (χ4v) is 1.95. The molecule has 3 N–H and O–H groups in total. The number of hydrogen-bond donors (Lipinski definition) is 3. The van der Waals surface area contributed by atoms with Crippen LogP contribution in [0.25, 0.3) is 0 Å². The van der Waals surface area contributed by atoms with Gasteiger partial charge in [0.15, 0.2) is 0 Å². The summed E-state index contributed by atoms with van der Waals surface area (Å²) in [6, 6.07) is 0. The molecule has 0 aromatic carbocycles. The first-order valence-electron chi connectivity index (χ1n) is 6.43. The second-order valence-electron chi connectivity index (χ2n) is 5.10. The minimum atomic E-state index is -0.882. The number of carbonyl (C=O) groups is 2. The lowest BCUT2D eigenvalue weighted by Gasteiger charge is -2.17. The van der Waals surface area contributed by atoms with Gasteiger partial charge in [-0.15, -0.1) is 0 Å². The lowest BCUT2D eigenvalue weighted by atomic mass is 9.94. The second kappa shape index (κ2) is 7.42. The van der Waals surface area contributed by atoms with Gasteiger partial charge < -0.3 is 15.4 Å². The van der Waals surface area contributed by atoms with E-state index < -0.39 is 11.9 Å². The van der Waals surface area contributed by atoms with Gasteiger partial charge in [0.25, 0.3) is 11.5 Å². The molecule has 1 rings (SSSR count). The van der Waals surface area contributed by atoms with E-state index in [0.717, 1.165) is 6.20 Å². The van der Waals surface area contributed by atoms with E-state index in [0.29, 0.717) is 12.3 Å². The monoisotopic (exact) mass is 281 g/mol. The highest BCUT2D eigenvalue weighted by atomic mass is 16.4. The van der Waals surface area contributed by atoms with Crippen LogP contribution < -0.4 is 10.9 Å². The molecular formula is C13H19N3O4. The summed E-state index contributed by atoms with van der Waals surface area (Å²) in [5.74, 6) is -1.09. The van der Waals surface area contributed by atoms with Gasteiger partial charge in [0.1, 0.15) is 5.69 Å². The van der Waals surface area contributed by atoms with Crippen molar-refractivity contribution in [3.63, 3.8) is 0 Å². The molecule has 0 saturated heterocycles. The minimum absolute atomic E-state index is 0.0114. The number of hydrogen-bond acceptors (Lipinski definition) is 4. The van der Waals surface area contributed by atoms with Crippen molar-refractivity contribution in [3.8, 4) is 0 Å². The number of carboxylic acid groups (broad SMARTS) is 1. The Kier molecular flexibility index (Phi) is 5.89. The molecule has 0 saturated carbocycles. The van der Waals surface area contributed by atoms with Crippen LogP contribution in [0.1, 0.15) is 37.2 Å². The first kappa shape index (κ1) is 15.9. The Morgan fingerprint density at radius 1 is 1.45 bits per heavy atom. The maximum atomic E-state index is 11.8. The van der Waals surface area contributed by atoms with Crippen molar-refractivity contribution in [1.29, 1.82) is 0 Å². The van der Waals surface area contributed by atoms with Crippen molar-refractivity contribution in [3.05, 3.63) is 28.4 Å². The molecule has 0 aliphatic rings. The summed E-state index contributed by atoms with van der Waals surface area (Å²) in [6.45, 7) is 4.27. The lowest BCUT2D eigenvalue weighted by Crippen LogP contribution is -2.32. The zero-order chi connectivity index (χ0) is 15.1. The average molecular weight is 281 g/mol. The number of H-pyrrole nitrogens is 1. The molecule has 0 radical (unpaired) electrons. The largest absolute Gasteiger partial charge is 0.481 e. The number of aromatic nitrogens is 2. The summed E-state index contributed by atoms with van der Waals surface area (Å²) in [6.07, 6.45) is 2.98. The molecule has 110 valence electrons. The standard InChI is InChI=1S/C13H19N3O4/c1-8(2)3-9(4-12(18)19)5-16-13(20)10-6-15-11(17)7-14-10/h6-9H,3-5H2,1-2H3,(H,15,17)(H,16,20)(H,18,19). The van der Waals surface area contributed by atoms with Crippen LogP contribution in [0.3, 0.4) is 0 Å². The van der Waals surface area contributed by atoms with Crippen LogP contribution in [0, 0.1) is 11.8 Å². The topological polar surface area (TPSA) is 112 Å². The van der Waals surface area contributed by atoms with Gasteiger partial charge in [0.05, 0.1) is 6.20 Å². The van der Waals surface area contributed by atoms with Crippen molar-refractivity contribution >= 4 is 11.9 Å². The summed E-state index contributed by atoms with van der Waals surface area (Å²) < 4.78 is 0. The van der Waals surface area contributed by atoms with Crippen LogP contribution in [0.2, 0.25) is 0 Å². The molecule has 1 aromatic heterocycles. The van der Waals surface area contributed by atoms with Gasteiger partial charge >= 0.3 is 5.97 Å². The molecule has 0 fully saturated rings. The molecule has 1 aromatic rings. The van der Waals surface area contributed by atoms with Gasteiger partial charge in [0.2, 0.25) is 0 Å². The predicted molar refractivity (Wildman–Crippen MR) is 72.4 cm³/mol. The van der Waals surface area contributed by atoms with E-state index in [1.54, 1.807) is 0 Å². The van der Waals surface area contributed by atoms with Crippen LogP contribution in [-0.4, -0.2) is 33.5 Å². The van der Waals surface area contributed by atoms with Crippen LogP contribution in [0.5, 0.6) is 0 Å². The fraction of sp³-hybridized carbons (Fsp3) is 0.538. The Labute approximate surface area is 116 Å². The maximum absolute atomic E-state index is 11.8. The zero-order valence-electron chi connectivity index (χ0n) is 11.5. The molecule has 1 unspecified atom stereocenters. The molecule has 7 nitrogen and oxygen atoms in total. The fourth-order valence-electron chi connectivity index (χ4n) is 1.95. The van der Waals surface area contributed by atoms with E-state index in [9.17, 15) is 14.4 Å². The molecule has 0 aliphatic heterocycles. The third kappa shape index (κ3) is 5.64. The number of aromatic amines is 1. The number of nitrogens with zero attached hydrogens (tertiary/aromatic N) is 1. The van der Waals surface area contributed by atoms with Crippen molar-refractivity contribution < 1.29 is 14.7 Å². The Balaban J connectivity index is 2.57. The summed E-state index contributed by atoms with van der Waals surface area (Å²) in [7, 11) is 0. The van der Waals surface area contributed by atoms with Gasteiger partial charge in [-0.3, -0.25) is 14.4 Å². The third-order valence-corrected chi connectivity index (χ3v) is 2.72. The van der Waals surface area contributed by atoms with Crippen LogP contribution in [0.15, 0.2) is 17.2 Å². The molecule has 1 heterocycles. The number of nitrogens with one attached hydrogen (secondary N) is 2. The number of rotatable bonds is 7. The number of carbonyl (C=O) groups excluding carboxylic acids is 1. The van der Waals surface area contributed by atoms with Gasteiger partial charge in [-0.2, -0.15) is 0 Å². The van der Waals surface area contributed by atoms with E-state index >= 15 is 0 Å². The Morgan fingerprint density at radius 2 is 2.15 bits per heavy atom. The number of carboxylic acids is 1. The second-order valence-corrected chi connectivity index (χ2v) is 5.10. The Bertz CT molecular complexity index is 504. The Hall–Kier alpha value is -2.18. The number of amides is 1. The molecule has 1 amide bonds. The van der Waals surface area contributed by atoms with Crippen LogP contribution in [0.4, 0.5) is 0 Å². The van der Waals surface area contributed by atoms with E-state index in [1.165, 1.54) is 6.20 Å². The summed E-state index contributed by atoms with van der Waals surface area (Å²) in [5.41, 5.74) is -0.284. The van der Waals surface area contributed by atoms with E-state index in [4.69, 9.17) is 5.11 Å². The van der Waals surface area contributed by atoms with Gasteiger partial charge in [-0.25, -0.2) is 4.98 Å². The first-order valence-corrected chi connectivity index (χ1v) is 6.43. The van der Waals surface area contributed by atoms with Crippen molar-refractivity contribution in [2.24, 2.45) is 11.8 Å². The van der Waals surface area contributed by atoms with Crippen molar-refractivity contribution in [2.75, 3.05) is 6.54 Å². The zero-order valence-corrected chi connectivity index (χ0v) is 11.5. The maximum Gasteiger partial charge on any atom is 0.303 e. The highest BCUT2D eigenvalue weighted by molar-refractivity contribution is 5.91. The van der Waals surface area contributed by atoms with Gasteiger partial charge in [-0.05, 0) is 18.3 Å². The SMILES string of the molecule is CC(C)CC(CNC(=O)c1c[nH]c(=O)cn1)CC(=O)O. The van der Waals surface area contributed by atoms with Crippen LogP contribution in [-0.2, 0) is 4.79 Å². The molecule has 20 heavy (non-hydrogen) atoms. The number of aliphatic carboxylic acids is 1. The normalized spacial score (nSPS) is 12.2. The highest BCUT2D eigenvalue weighted by Gasteiger charge is 2.17. The average Bonchev–Trinajstić information content (AvgIpc) is 2.35. The molecule has 7 heteroatoms. The Morgan fingerprint density at radius 3 is 2.65 bits per heavy atom.